The van der Waals surface area contributed by atoms with Crippen molar-refractivity contribution in [2.24, 2.45) is 10.9 Å². The van der Waals surface area contributed by atoms with Gasteiger partial charge in [0.2, 0.25) is 6.71 Å². The van der Waals surface area contributed by atoms with Crippen molar-refractivity contribution >= 4 is 29.4 Å². The lowest BCUT2D eigenvalue weighted by Gasteiger charge is -2.35. The van der Waals surface area contributed by atoms with Crippen LogP contribution < -0.4 is 0 Å². The maximum atomic E-state index is 14.0. The lowest BCUT2D eigenvalue weighted by molar-refractivity contribution is -0.109. The van der Waals surface area contributed by atoms with Crippen LogP contribution in [0.25, 0.3) is 0 Å². The van der Waals surface area contributed by atoms with Crippen molar-refractivity contribution in [2.75, 3.05) is 13.2 Å². The van der Waals surface area contributed by atoms with E-state index in [1.165, 1.54) is 27.8 Å². The van der Waals surface area contributed by atoms with Crippen LogP contribution in [0.15, 0.2) is 39.8 Å². The molecule has 1 aromatic carbocycles. The van der Waals surface area contributed by atoms with Crippen LogP contribution in [-0.4, -0.2) is 31.3 Å². The van der Waals surface area contributed by atoms with Crippen molar-refractivity contribution in [3.8, 4) is 0 Å². The van der Waals surface area contributed by atoms with E-state index >= 15 is 0 Å². The lowest BCUT2D eigenvalue weighted by atomic mass is 9.29. The van der Waals surface area contributed by atoms with Gasteiger partial charge in [-0.3, -0.25) is 0 Å². The molecule has 0 saturated carbocycles. The van der Waals surface area contributed by atoms with E-state index in [1.54, 1.807) is 11.3 Å². The Labute approximate surface area is 229 Å². The normalized spacial score (nSPS) is 16.8. The fourth-order valence-corrected chi connectivity index (χ4v) is 6.27. The Kier molecular flexibility index (Phi) is 10.2. The zero-order valence-electron chi connectivity index (χ0n) is 24.6. The minimum atomic E-state index is -0.192. The molecule has 3 rings (SSSR count). The number of aryl methyl sites for hydroxylation is 4. The van der Waals surface area contributed by atoms with E-state index in [-0.39, 0.29) is 17.7 Å². The molecule has 0 aliphatic carbocycles. The molecule has 1 saturated heterocycles. The van der Waals surface area contributed by atoms with E-state index in [4.69, 9.17) is 9.73 Å². The Balaban J connectivity index is 1.95. The van der Waals surface area contributed by atoms with E-state index in [2.05, 4.69) is 79.0 Å². The topological polar surface area (TPSA) is 38.7 Å². The summed E-state index contributed by atoms with van der Waals surface area (Å²) in [5, 5.41) is 1.95. The molecule has 0 atom stereocenters. The number of allylic oxidation sites excluding steroid dienone is 2. The molecule has 0 unspecified atom stereocenters. The number of aliphatic imine (C=N–C) groups is 1. The molecule has 1 aromatic heterocycles. The SMILES string of the molecule is CCc1cc(CC/C(C)=C(/N=C(\C)c2cc(C)cs2)C(=O)B2CCOCC2(C)C)c(C)cc1CC(C)C. The van der Waals surface area contributed by atoms with Gasteiger partial charge >= 0.3 is 0 Å². The molecule has 0 N–H and O–H groups in total. The molecule has 2 heterocycles. The van der Waals surface area contributed by atoms with Crippen LogP contribution in [-0.2, 0) is 28.8 Å². The van der Waals surface area contributed by atoms with Crippen molar-refractivity contribution in [3.63, 3.8) is 0 Å². The maximum Gasteiger partial charge on any atom is 0.242 e. The summed E-state index contributed by atoms with van der Waals surface area (Å²) < 4.78 is 5.73. The molecule has 1 aliphatic rings. The first-order chi connectivity index (χ1) is 17.4. The molecule has 200 valence electrons. The minimum Gasteiger partial charge on any atom is -0.382 e. The molecule has 1 fully saturated rings. The smallest absolute Gasteiger partial charge is 0.242 e. The zero-order chi connectivity index (χ0) is 27.3. The molecule has 0 spiro atoms. The van der Waals surface area contributed by atoms with Gasteiger partial charge in [-0.05, 0) is 116 Å². The number of hydrogen-bond donors (Lipinski definition) is 0. The fourth-order valence-electron chi connectivity index (χ4n) is 5.42. The van der Waals surface area contributed by atoms with Gasteiger partial charge in [0, 0.05) is 18.1 Å². The summed E-state index contributed by atoms with van der Waals surface area (Å²) in [6, 6.07) is 6.96. The van der Waals surface area contributed by atoms with E-state index in [0.29, 0.717) is 24.8 Å². The van der Waals surface area contributed by atoms with Gasteiger partial charge in [0.05, 0.1) is 11.4 Å². The van der Waals surface area contributed by atoms with Crippen molar-refractivity contribution in [3.05, 3.63) is 67.5 Å². The summed E-state index contributed by atoms with van der Waals surface area (Å²) in [5.74, 6) is 0.650. The van der Waals surface area contributed by atoms with Crippen molar-refractivity contribution < 1.29 is 9.53 Å². The van der Waals surface area contributed by atoms with Crippen LogP contribution in [0.3, 0.4) is 0 Å². The number of ether oxygens (including phenoxy) is 1. The maximum absolute atomic E-state index is 14.0. The number of rotatable bonds is 10. The molecule has 0 radical (unpaired) electrons. The molecule has 1 aliphatic heterocycles. The van der Waals surface area contributed by atoms with Crippen LogP contribution in [0.1, 0.15) is 87.6 Å². The van der Waals surface area contributed by atoms with Crippen molar-refractivity contribution in [2.45, 2.75) is 99.6 Å². The van der Waals surface area contributed by atoms with Gasteiger partial charge in [-0.2, -0.15) is 0 Å². The number of hydrogen-bond acceptors (Lipinski definition) is 4. The second-order valence-corrected chi connectivity index (χ2v) is 13.0. The Morgan fingerprint density at radius 2 is 1.86 bits per heavy atom. The minimum absolute atomic E-state index is 0.0726. The van der Waals surface area contributed by atoms with Crippen LogP contribution in [0.5, 0.6) is 0 Å². The Morgan fingerprint density at radius 1 is 1.14 bits per heavy atom. The van der Waals surface area contributed by atoms with Gasteiger partial charge in [-0.1, -0.05) is 46.8 Å². The molecular formula is C32H46BNO2S. The highest BCUT2D eigenvalue weighted by molar-refractivity contribution is 7.12. The quantitative estimate of drug-likeness (QED) is 0.180. The summed E-state index contributed by atoms with van der Waals surface area (Å²) in [7, 11) is 0. The third-order valence-corrected chi connectivity index (χ3v) is 8.88. The van der Waals surface area contributed by atoms with E-state index < -0.39 is 0 Å². The van der Waals surface area contributed by atoms with Gasteiger partial charge in [0.25, 0.3) is 0 Å². The fraction of sp³-hybridized carbons (Fsp3) is 0.562. The molecule has 0 amide bonds. The van der Waals surface area contributed by atoms with E-state index in [0.717, 1.165) is 48.2 Å². The predicted molar refractivity (Wildman–Crippen MR) is 162 cm³/mol. The van der Waals surface area contributed by atoms with Gasteiger partial charge in [-0.25, -0.2) is 4.99 Å². The van der Waals surface area contributed by atoms with Gasteiger partial charge < -0.3 is 9.53 Å². The number of nitrogens with zero attached hydrogens (tertiary/aromatic N) is 1. The van der Waals surface area contributed by atoms with Crippen LogP contribution in [0.2, 0.25) is 11.6 Å². The second-order valence-electron chi connectivity index (χ2n) is 12.1. The average Bonchev–Trinajstić information content (AvgIpc) is 3.27. The number of benzene rings is 1. The van der Waals surface area contributed by atoms with Crippen LogP contribution >= 0.6 is 11.3 Å². The summed E-state index contributed by atoms with van der Waals surface area (Å²) in [5.41, 5.74) is 9.76. The van der Waals surface area contributed by atoms with Crippen LogP contribution in [0.4, 0.5) is 0 Å². The Morgan fingerprint density at radius 3 is 2.46 bits per heavy atom. The van der Waals surface area contributed by atoms with Gasteiger partial charge in [0.1, 0.15) is 5.68 Å². The Bertz CT molecular complexity index is 1170. The molecule has 37 heavy (non-hydrogen) atoms. The highest BCUT2D eigenvalue weighted by Crippen LogP contribution is 2.37. The standard InChI is InChI=1S/C32H46BNO2S/c1-10-26-18-27(24(6)17-28(26)15-21(2)3)12-11-23(5)30(34-25(7)29-16-22(4)19-37-29)31(35)33-13-14-36-20-32(33,8)9/h16-19,21H,10-15,20H2,1-9H3/b30-23+,34-25+. The number of thiophene rings is 1. The molecule has 0 bridgehead atoms. The van der Waals surface area contributed by atoms with Crippen molar-refractivity contribution in [1.29, 1.82) is 0 Å². The van der Waals surface area contributed by atoms with E-state index in [9.17, 15) is 4.79 Å². The monoisotopic (exact) mass is 519 g/mol. The number of carbonyl (C=O) groups is 1. The summed E-state index contributed by atoms with van der Waals surface area (Å²) in [6.45, 7) is 20.8. The summed E-state index contributed by atoms with van der Waals surface area (Å²) >= 11 is 1.70. The molecule has 2 aromatic rings. The molecule has 3 nitrogen and oxygen atoms in total. The first kappa shape index (κ1) is 29.6. The van der Waals surface area contributed by atoms with Crippen molar-refractivity contribution in [1.82, 2.24) is 0 Å². The average molecular weight is 520 g/mol. The molecular weight excluding hydrogens is 473 g/mol. The highest BCUT2D eigenvalue weighted by atomic mass is 32.1. The zero-order valence-corrected chi connectivity index (χ0v) is 25.4. The first-order valence-electron chi connectivity index (χ1n) is 14.0. The summed E-state index contributed by atoms with van der Waals surface area (Å²) in [4.78, 5) is 20.2. The lowest BCUT2D eigenvalue weighted by Crippen LogP contribution is -2.44. The first-order valence-corrected chi connectivity index (χ1v) is 14.8. The highest BCUT2D eigenvalue weighted by Gasteiger charge is 2.43. The third kappa shape index (κ3) is 7.54. The predicted octanol–water partition coefficient (Wildman–Crippen LogP) is 8.26. The Hall–Kier alpha value is -1.98. The molecule has 5 heteroatoms. The second kappa shape index (κ2) is 12.7. The van der Waals surface area contributed by atoms with Gasteiger partial charge in [0.15, 0.2) is 0 Å². The number of carbonyl (C=O) groups excluding carboxylic acids is 1. The van der Waals surface area contributed by atoms with E-state index in [1.807, 2.05) is 6.92 Å². The largest absolute Gasteiger partial charge is 0.382 e. The van der Waals surface area contributed by atoms with Gasteiger partial charge in [-0.15, -0.1) is 11.3 Å². The summed E-state index contributed by atoms with van der Waals surface area (Å²) in [6.07, 6.45) is 4.69. The third-order valence-electron chi connectivity index (χ3n) is 7.73. The van der Waals surface area contributed by atoms with Crippen LogP contribution in [0, 0.1) is 19.8 Å².